The van der Waals surface area contributed by atoms with Gasteiger partial charge in [-0.2, -0.15) is 0 Å². The van der Waals surface area contributed by atoms with Crippen molar-refractivity contribution in [1.82, 2.24) is 0 Å². The lowest BCUT2D eigenvalue weighted by Crippen LogP contribution is -2.18. The van der Waals surface area contributed by atoms with Crippen LogP contribution >= 0.6 is 46.4 Å². The molecule has 0 amide bonds. The van der Waals surface area contributed by atoms with Crippen LogP contribution in [0.5, 0.6) is 23.0 Å². The number of nitrogens with zero attached hydrogens (tertiary/aromatic N) is 1. The van der Waals surface area contributed by atoms with Gasteiger partial charge in [0.2, 0.25) is 6.54 Å². The van der Waals surface area contributed by atoms with Crippen LogP contribution in [0.1, 0.15) is 34.7 Å². The Hall–Kier alpha value is -3.38. The van der Waals surface area contributed by atoms with E-state index in [1.807, 2.05) is 0 Å². The number of carbonyl (C=O) groups excluding carboxylic acids is 1. The maximum absolute atomic E-state index is 12.9. The molecule has 0 aliphatic heterocycles. The molecular formula is C29H24Cl4F3NO7. The second-order valence-electron chi connectivity index (χ2n) is 9.05. The SMILES string of the molecule is O=C(CC(C[N+](=O)[O-])c1ccc(OC(F)(F)F)cc1)c1ccc(OCCCOc2c(Cl)cc(OCC=C(Cl)Cl)cc2Cl)cc1. The Bertz CT molecular complexity index is 1430. The van der Waals surface area contributed by atoms with Crippen LogP contribution in [-0.4, -0.2) is 43.4 Å². The molecule has 15 heteroatoms. The fourth-order valence-corrected chi connectivity index (χ4v) is 4.57. The maximum Gasteiger partial charge on any atom is 0.573 e. The van der Waals surface area contributed by atoms with E-state index in [0.717, 1.165) is 12.1 Å². The van der Waals surface area contributed by atoms with Gasteiger partial charge < -0.3 is 18.9 Å². The zero-order valence-corrected chi connectivity index (χ0v) is 25.6. The lowest BCUT2D eigenvalue weighted by atomic mass is 9.91. The highest BCUT2D eigenvalue weighted by atomic mass is 35.5. The highest BCUT2D eigenvalue weighted by Crippen LogP contribution is 2.37. The molecule has 0 bridgehead atoms. The summed E-state index contributed by atoms with van der Waals surface area (Å²) in [6, 6.07) is 13.9. The fraction of sp³-hybridized carbons (Fsp3) is 0.276. The van der Waals surface area contributed by atoms with E-state index in [0.29, 0.717) is 29.0 Å². The van der Waals surface area contributed by atoms with Crippen LogP contribution in [0.25, 0.3) is 0 Å². The zero-order chi connectivity index (χ0) is 32.3. The molecule has 44 heavy (non-hydrogen) atoms. The number of carbonyl (C=O) groups is 1. The fourth-order valence-electron chi connectivity index (χ4n) is 3.87. The number of alkyl halides is 3. The molecule has 3 aromatic carbocycles. The molecule has 236 valence electrons. The first kappa shape index (κ1) is 35.1. The Balaban J connectivity index is 1.49. The number of nitro groups is 1. The van der Waals surface area contributed by atoms with Crippen LogP contribution in [0.3, 0.4) is 0 Å². The van der Waals surface area contributed by atoms with E-state index in [1.165, 1.54) is 30.3 Å². The number of hydrogen-bond donors (Lipinski definition) is 0. The first-order valence-electron chi connectivity index (χ1n) is 12.8. The number of Topliss-reactive ketones (excluding diaryl/α,β-unsaturated/α-hetero) is 1. The smallest absolute Gasteiger partial charge is 0.493 e. The monoisotopic (exact) mass is 695 g/mol. The van der Waals surface area contributed by atoms with Crippen LogP contribution in [0.4, 0.5) is 13.2 Å². The molecule has 0 heterocycles. The van der Waals surface area contributed by atoms with Crippen molar-refractivity contribution in [3.05, 3.63) is 103 Å². The topological polar surface area (TPSA) is 97.1 Å². The van der Waals surface area contributed by atoms with Crippen molar-refractivity contribution in [3.8, 4) is 23.0 Å². The number of hydrogen-bond acceptors (Lipinski definition) is 7. The molecule has 0 aromatic heterocycles. The molecule has 0 aliphatic carbocycles. The Morgan fingerprint density at radius 2 is 1.48 bits per heavy atom. The molecular weight excluding hydrogens is 673 g/mol. The molecule has 3 rings (SSSR count). The molecule has 0 fully saturated rings. The number of ketones is 1. The number of ether oxygens (including phenoxy) is 4. The normalized spacial score (nSPS) is 11.8. The minimum atomic E-state index is -4.87. The molecule has 8 nitrogen and oxygen atoms in total. The Morgan fingerprint density at radius 1 is 0.886 bits per heavy atom. The predicted molar refractivity (Wildman–Crippen MR) is 160 cm³/mol. The number of halogens is 7. The van der Waals surface area contributed by atoms with E-state index < -0.39 is 29.5 Å². The van der Waals surface area contributed by atoms with Gasteiger partial charge in [0.25, 0.3) is 0 Å². The lowest BCUT2D eigenvalue weighted by molar-refractivity contribution is -0.483. The molecule has 0 spiro atoms. The molecule has 0 saturated carbocycles. The van der Waals surface area contributed by atoms with Crippen LogP contribution in [-0.2, 0) is 0 Å². The van der Waals surface area contributed by atoms with Gasteiger partial charge in [0.05, 0.1) is 29.2 Å². The van der Waals surface area contributed by atoms with Gasteiger partial charge in [-0.05, 0) is 48.0 Å². The summed E-state index contributed by atoms with van der Waals surface area (Å²) in [4.78, 5) is 23.5. The third-order valence-electron chi connectivity index (χ3n) is 5.83. The van der Waals surface area contributed by atoms with Crippen molar-refractivity contribution in [2.75, 3.05) is 26.4 Å². The quantitative estimate of drug-likeness (QED) is 0.0638. The minimum Gasteiger partial charge on any atom is -0.493 e. The Morgan fingerprint density at radius 3 is 2.05 bits per heavy atom. The van der Waals surface area contributed by atoms with E-state index in [4.69, 9.17) is 60.6 Å². The van der Waals surface area contributed by atoms with Crippen molar-refractivity contribution in [1.29, 1.82) is 0 Å². The molecule has 3 aromatic rings. The highest BCUT2D eigenvalue weighted by Gasteiger charge is 2.31. The van der Waals surface area contributed by atoms with Gasteiger partial charge in [-0.25, -0.2) is 0 Å². The third kappa shape index (κ3) is 12.0. The summed E-state index contributed by atoms with van der Waals surface area (Å²) in [5, 5.41) is 11.7. The van der Waals surface area contributed by atoms with Gasteiger partial charge in [-0.15, -0.1) is 13.2 Å². The summed E-state index contributed by atoms with van der Waals surface area (Å²) in [7, 11) is 0. The van der Waals surface area contributed by atoms with Crippen molar-refractivity contribution in [2.45, 2.75) is 25.1 Å². The van der Waals surface area contributed by atoms with Gasteiger partial charge >= 0.3 is 6.36 Å². The van der Waals surface area contributed by atoms with E-state index in [1.54, 1.807) is 24.3 Å². The molecule has 0 aliphatic rings. The average Bonchev–Trinajstić information content (AvgIpc) is 2.93. The summed E-state index contributed by atoms with van der Waals surface area (Å²) in [6.07, 6.45) is -3.16. The zero-order valence-electron chi connectivity index (χ0n) is 22.6. The van der Waals surface area contributed by atoms with Crippen molar-refractivity contribution in [2.24, 2.45) is 0 Å². The van der Waals surface area contributed by atoms with Crippen molar-refractivity contribution in [3.63, 3.8) is 0 Å². The summed E-state index contributed by atoms with van der Waals surface area (Å²) in [5.41, 5.74) is 0.633. The van der Waals surface area contributed by atoms with Crippen molar-refractivity contribution < 1.29 is 41.8 Å². The Labute approximate surface area is 270 Å². The van der Waals surface area contributed by atoms with Crippen LogP contribution < -0.4 is 18.9 Å². The summed E-state index contributed by atoms with van der Waals surface area (Å²) in [6.45, 7) is 0.0613. The number of benzene rings is 3. The minimum absolute atomic E-state index is 0.0703. The van der Waals surface area contributed by atoms with Crippen LogP contribution in [0, 0.1) is 10.1 Å². The molecule has 0 saturated heterocycles. The molecule has 1 atom stereocenters. The van der Waals surface area contributed by atoms with Gasteiger partial charge in [-0.1, -0.05) is 58.5 Å². The lowest BCUT2D eigenvalue weighted by Gasteiger charge is -2.14. The highest BCUT2D eigenvalue weighted by molar-refractivity contribution is 6.55. The Kier molecular flexibility index (Phi) is 13.3. The van der Waals surface area contributed by atoms with Gasteiger partial charge in [0.1, 0.15) is 28.3 Å². The van der Waals surface area contributed by atoms with Gasteiger partial charge in [0, 0.05) is 35.5 Å². The van der Waals surface area contributed by atoms with E-state index in [2.05, 4.69) is 4.74 Å². The molecule has 0 N–H and O–H groups in total. The third-order valence-corrected chi connectivity index (χ3v) is 6.70. The van der Waals surface area contributed by atoms with E-state index >= 15 is 0 Å². The standard InChI is InChI=1S/C29H24Cl4F3NO7/c30-24-15-23(42-13-10-27(32)33)16-25(31)28(24)43-12-1-11-41-21-6-4-19(5-7-21)26(38)14-20(17-37(39)40)18-2-8-22(9-3-18)44-29(34,35)36/h2-10,15-16,20H,1,11-14,17H2. The summed E-state index contributed by atoms with van der Waals surface area (Å²) < 4.78 is 58.0. The van der Waals surface area contributed by atoms with E-state index in [-0.39, 0.29) is 52.3 Å². The van der Waals surface area contributed by atoms with Gasteiger partial charge in [0.15, 0.2) is 11.5 Å². The van der Waals surface area contributed by atoms with Gasteiger partial charge in [-0.3, -0.25) is 14.9 Å². The number of rotatable bonds is 16. The van der Waals surface area contributed by atoms with E-state index in [9.17, 15) is 28.1 Å². The molecule has 1 unspecified atom stereocenters. The predicted octanol–water partition coefficient (Wildman–Crippen LogP) is 9.07. The van der Waals surface area contributed by atoms with Crippen molar-refractivity contribution >= 4 is 52.2 Å². The summed E-state index contributed by atoms with van der Waals surface area (Å²) in [5.74, 6) is -0.527. The molecule has 0 radical (unpaired) electrons. The average molecular weight is 697 g/mol. The second-order valence-corrected chi connectivity index (χ2v) is 10.9. The first-order valence-corrected chi connectivity index (χ1v) is 14.3. The second kappa shape index (κ2) is 16.6. The summed E-state index contributed by atoms with van der Waals surface area (Å²) >= 11 is 23.6. The van der Waals surface area contributed by atoms with Crippen LogP contribution in [0.2, 0.25) is 10.0 Å². The largest absolute Gasteiger partial charge is 0.573 e. The van der Waals surface area contributed by atoms with Crippen LogP contribution in [0.15, 0.2) is 71.2 Å². The first-order chi connectivity index (χ1) is 20.8. The maximum atomic E-state index is 12.9.